The number of sulfonamides is 1. The smallest absolute Gasteiger partial charge is 0.338 e. The number of nitrogens with one attached hydrogen (secondary N) is 2. The van der Waals surface area contributed by atoms with E-state index < -0.39 is 22.1 Å². The van der Waals surface area contributed by atoms with Crippen LogP contribution in [0.15, 0.2) is 41.8 Å². The first-order valence-electron chi connectivity index (χ1n) is 9.46. The molecule has 1 aliphatic rings. The molecule has 2 N–H and O–H groups in total. The van der Waals surface area contributed by atoms with E-state index in [1.54, 1.807) is 0 Å². The van der Waals surface area contributed by atoms with Crippen molar-refractivity contribution in [3.8, 4) is 0 Å². The topological polar surface area (TPSA) is 102 Å². The van der Waals surface area contributed by atoms with E-state index in [0.717, 1.165) is 19.3 Å². The highest BCUT2D eigenvalue weighted by atomic mass is 32.2. The van der Waals surface area contributed by atoms with Crippen LogP contribution in [0.4, 0.5) is 0 Å². The highest BCUT2D eigenvalue weighted by Gasteiger charge is 2.26. The number of rotatable bonds is 8. The predicted molar refractivity (Wildman–Crippen MR) is 106 cm³/mol. The van der Waals surface area contributed by atoms with Crippen LogP contribution < -0.4 is 10.0 Å². The highest BCUT2D eigenvalue weighted by Crippen LogP contribution is 2.23. The third-order valence-corrected chi connectivity index (χ3v) is 6.35. The molecule has 154 valence electrons. The van der Waals surface area contributed by atoms with Gasteiger partial charge in [-0.15, -0.1) is 6.58 Å². The summed E-state index contributed by atoms with van der Waals surface area (Å²) < 4.78 is 31.6. The summed E-state index contributed by atoms with van der Waals surface area (Å²) in [4.78, 5) is 24.6. The summed E-state index contributed by atoms with van der Waals surface area (Å²) in [6.45, 7) is 7.20. The van der Waals surface area contributed by atoms with Crippen molar-refractivity contribution >= 4 is 21.9 Å². The molecule has 0 spiro atoms. The molecule has 1 amide bonds. The first-order chi connectivity index (χ1) is 13.2. The van der Waals surface area contributed by atoms with Gasteiger partial charge in [0.1, 0.15) is 0 Å². The van der Waals surface area contributed by atoms with E-state index in [2.05, 4.69) is 23.5 Å². The molecule has 0 aromatic heterocycles. The molecule has 2 rings (SSSR count). The van der Waals surface area contributed by atoms with Crippen molar-refractivity contribution in [1.82, 2.24) is 10.0 Å². The first-order valence-corrected chi connectivity index (χ1v) is 10.9. The summed E-state index contributed by atoms with van der Waals surface area (Å²) in [5.41, 5.74) is 0.174. The molecule has 1 fully saturated rings. The lowest BCUT2D eigenvalue weighted by molar-refractivity contribution is -0.130. The molecule has 0 radical (unpaired) electrons. The fraction of sp³-hybridized carbons (Fsp3) is 0.500. The lowest BCUT2D eigenvalue weighted by atomic mass is 9.86. The number of esters is 1. The molecular weight excluding hydrogens is 380 g/mol. The van der Waals surface area contributed by atoms with Gasteiger partial charge in [-0.25, -0.2) is 17.9 Å². The standard InChI is InChI=1S/C20H28N2O5S/c1-4-13-21-28(25,26)17-11-9-16(10-12-17)20(24)27-15(3)19(23)22-18-8-6-5-7-14(18)2/h4,9-12,14-15,18,21H,1,5-8,13H2,2-3H3,(H,22,23)/t14-,15-,18+/m1/s1. The second-order valence-electron chi connectivity index (χ2n) is 7.09. The van der Waals surface area contributed by atoms with Gasteiger partial charge in [0, 0.05) is 12.6 Å². The molecule has 0 bridgehead atoms. The summed E-state index contributed by atoms with van der Waals surface area (Å²) in [7, 11) is -3.66. The minimum absolute atomic E-state index is 0.0305. The predicted octanol–water partition coefficient (Wildman–Crippen LogP) is 2.39. The molecule has 1 aromatic carbocycles. The SMILES string of the molecule is C=CCNS(=O)(=O)c1ccc(C(=O)O[C@H](C)C(=O)N[C@H]2CCCC[C@H]2C)cc1. The Morgan fingerprint density at radius 2 is 1.89 bits per heavy atom. The quantitative estimate of drug-likeness (QED) is 0.508. The third-order valence-electron chi connectivity index (χ3n) is 4.91. The van der Waals surface area contributed by atoms with E-state index in [0.29, 0.717) is 5.92 Å². The van der Waals surface area contributed by atoms with Crippen molar-refractivity contribution in [3.05, 3.63) is 42.5 Å². The van der Waals surface area contributed by atoms with Gasteiger partial charge in [0.05, 0.1) is 10.5 Å². The fourth-order valence-corrected chi connectivity index (χ4v) is 4.13. The number of amides is 1. The van der Waals surface area contributed by atoms with Crippen LogP contribution in [0.1, 0.15) is 49.9 Å². The van der Waals surface area contributed by atoms with Crippen LogP contribution in [-0.4, -0.2) is 39.0 Å². The largest absolute Gasteiger partial charge is 0.449 e. The maximum Gasteiger partial charge on any atom is 0.338 e. The van der Waals surface area contributed by atoms with Crippen LogP contribution in [0.3, 0.4) is 0 Å². The molecule has 0 unspecified atom stereocenters. The van der Waals surface area contributed by atoms with Crippen molar-refractivity contribution in [1.29, 1.82) is 0 Å². The van der Waals surface area contributed by atoms with E-state index in [9.17, 15) is 18.0 Å². The van der Waals surface area contributed by atoms with Gasteiger partial charge in [-0.3, -0.25) is 4.79 Å². The maximum atomic E-state index is 12.3. The number of carbonyl (C=O) groups excluding carboxylic acids is 2. The summed E-state index contributed by atoms with van der Waals surface area (Å²) in [6, 6.07) is 5.46. The van der Waals surface area contributed by atoms with Crippen LogP contribution in [-0.2, 0) is 19.6 Å². The van der Waals surface area contributed by atoms with Crippen LogP contribution in [0.2, 0.25) is 0 Å². The molecular formula is C20H28N2O5S. The molecule has 8 heteroatoms. The lowest BCUT2D eigenvalue weighted by Crippen LogP contribution is -2.45. The van der Waals surface area contributed by atoms with Gasteiger partial charge in [0.15, 0.2) is 6.10 Å². The van der Waals surface area contributed by atoms with Crippen molar-refractivity contribution in [2.75, 3.05) is 6.54 Å². The molecule has 3 atom stereocenters. The van der Waals surface area contributed by atoms with Crippen molar-refractivity contribution in [2.24, 2.45) is 5.92 Å². The second-order valence-corrected chi connectivity index (χ2v) is 8.86. The molecule has 1 saturated carbocycles. The van der Waals surface area contributed by atoms with Gasteiger partial charge >= 0.3 is 5.97 Å². The van der Waals surface area contributed by atoms with Gasteiger partial charge in [0.2, 0.25) is 10.0 Å². The zero-order valence-corrected chi connectivity index (χ0v) is 17.1. The second kappa shape index (κ2) is 9.84. The molecule has 28 heavy (non-hydrogen) atoms. The lowest BCUT2D eigenvalue weighted by Gasteiger charge is -2.30. The van der Waals surface area contributed by atoms with Crippen molar-refractivity contribution < 1.29 is 22.7 Å². The van der Waals surface area contributed by atoms with Gasteiger partial charge in [-0.1, -0.05) is 25.8 Å². The van der Waals surface area contributed by atoms with E-state index in [1.165, 1.54) is 43.7 Å². The zero-order chi connectivity index (χ0) is 20.7. The Kier molecular flexibility index (Phi) is 7.77. The summed E-state index contributed by atoms with van der Waals surface area (Å²) in [5.74, 6) is -0.591. The third kappa shape index (κ3) is 5.90. The number of hydrogen-bond acceptors (Lipinski definition) is 5. The van der Waals surface area contributed by atoms with Crippen LogP contribution in [0.25, 0.3) is 0 Å². The Hall–Kier alpha value is -2.19. The van der Waals surface area contributed by atoms with Crippen LogP contribution in [0, 0.1) is 5.92 Å². The number of ether oxygens (including phenoxy) is 1. The number of benzene rings is 1. The van der Waals surface area contributed by atoms with Crippen molar-refractivity contribution in [3.63, 3.8) is 0 Å². The highest BCUT2D eigenvalue weighted by molar-refractivity contribution is 7.89. The Balaban J connectivity index is 1.94. The molecule has 0 saturated heterocycles. The number of carbonyl (C=O) groups is 2. The zero-order valence-electron chi connectivity index (χ0n) is 16.3. The molecule has 0 aliphatic heterocycles. The summed E-state index contributed by atoms with van der Waals surface area (Å²) >= 11 is 0. The Morgan fingerprint density at radius 1 is 1.25 bits per heavy atom. The maximum absolute atomic E-state index is 12.3. The minimum Gasteiger partial charge on any atom is -0.449 e. The average molecular weight is 409 g/mol. The summed E-state index contributed by atoms with van der Waals surface area (Å²) in [5, 5.41) is 2.96. The van der Waals surface area contributed by atoms with Gasteiger partial charge in [0.25, 0.3) is 5.91 Å². The van der Waals surface area contributed by atoms with Gasteiger partial charge < -0.3 is 10.1 Å². The molecule has 1 aromatic rings. The monoisotopic (exact) mass is 408 g/mol. The van der Waals surface area contributed by atoms with Gasteiger partial charge in [-0.05, 0) is 49.9 Å². The Labute approximate surface area is 166 Å². The average Bonchev–Trinajstić information content (AvgIpc) is 2.68. The number of hydrogen-bond donors (Lipinski definition) is 2. The van der Waals surface area contributed by atoms with E-state index in [-0.39, 0.29) is 29.0 Å². The Bertz CT molecular complexity index is 804. The Morgan fingerprint density at radius 3 is 2.50 bits per heavy atom. The van der Waals surface area contributed by atoms with E-state index in [1.807, 2.05) is 0 Å². The molecule has 7 nitrogen and oxygen atoms in total. The van der Waals surface area contributed by atoms with E-state index >= 15 is 0 Å². The van der Waals surface area contributed by atoms with Crippen molar-refractivity contribution in [2.45, 2.75) is 56.6 Å². The fourth-order valence-electron chi connectivity index (χ4n) is 3.14. The van der Waals surface area contributed by atoms with Crippen LogP contribution in [0.5, 0.6) is 0 Å². The van der Waals surface area contributed by atoms with Crippen LogP contribution >= 0.6 is 0 Å². The van der Waals surface area contributed by atoms with Gasteiger partial charge in [-0.2, -0.15) is 0 Å². The molecule has 0 heterocycles. The molecule has 1 aliphatic carbocycles. The first kappa shape index (κ1) is 22.1. The summed E-state index contributed by atoms with van der Waals surface area (Å²) in [6.07, 6.45) is 4.77. The normalized spacial score (nSPS) is 20.8. The minimum atomic E-state index is -3.66. The van der Waals surface area contributed by atoms with E-state index in [4.69, 9.17) is 4.74 Å².